The van der Waals surface area contributed by atoms with Gasteiger partial charge in [-0.1, -0.05) is 6.92 Å². The van der Waals surface area contributed by atoms with Gasteiger partial charge in [0.25, 0.3) is 5.91 Å². The van der Waals surface area contributed by atoms with E-state index in [1.165, 1.54) is 18.5 Å². The first-order valence-corrected chi connectivity index (χ1v) is 6.42. The van der Waals surface area contributed by atoms with Crippen LogP contribution >= 0.6 is 0 Å². The molecule has 1 aromatic carbocycles. The van der Waals surface area contributed by atoms with Gasteiger partial charge in [0.15, 0.2) is 11.6 Å². The number of carbonyl (C=O) groups excluding carboxylic acids is 1. The van der Waals surface area contributed by atoms with Crippen LogP contribution in [-0.2, 0) is 0 Å². The molecule has 0 bridgehead atoms. The van der Waals surface area contributed by atoms with E-state index in [0.29, 0.717) is 5.95 Å². The molecule has 110 valence electrons. The molecular weight excluding hydrogens is 278 g/mol. The van der Waals surface area contributed by atoms with Gasteiger partial charge in [-0.3, -0.25) is 4.79 Å². The molecule has 2 rings (SSSR count). The van der Waals surface area contributed by atoms with E-state index in [1.54, 1.807) is 0 Å². The van der Waals surface area contributed by atoms with Crippen LogP contribution in [0.3, 0.4) is 0 Å². The first kappa shape index (κ1) is 14.8. The molecule has 0 saturated heterocycles. The number of hydrogen-bond donors (Lipinski definition) is 2. The lowest BCUT2D eigenvalue weighted by molar-refractivity contribution is 0.102. The van der Waals surface area contributed by atoms with Gasteiger partial charge < -0.3 is 10.6 Å². The average molecular weight is 292 g/mol. The van der Waals surface area contributed by atoms with Crippen LogP contribution in [0, 0.1) is 11.6 Å². The van der Waals surface area contributed by atoms with Gasteiger partial charge in [-0.2, -0.15) is 0 Å². The second-order valence-corrected chi connectivity index (χ2v) is 4.31. The van der Waals surface area contributed by atoms with Crippen molar-refractivity contribution in [1.29, 1.82) is 0 Å². The smallest absolute Gasteiger partial charge is 0.258 e. The first-order chi connectivity index (χ1) is 10.1. The molecule has 1 aromatic heterocycles. The van der Waals surface area contributed by atoms with Crippen molar-refractivity contribution < 1.29 is 13.6 Å². The summed E-state index contributed by atoms with van der Waals surface area (Å²) in [5.74, 6) is -2.06. The standard InChI is InChI=1S/C14H14F2N4O/c1-2-5-17-14-18-7-9(8-19-14)13(21)20-10-3-4-11(15)12(16)6-10/h3-4,6-8H,2,5H2,1H3,(H,20,21)(H,17,18,19). The van der Waals surface area contributed by atoms with Crippen molar-refractivity contribution >= 4 is 17.5 Å². The van der Waals surface area contributed by atoms with Crippen LogP contribution in [0.5, 0.6) is 0 Å². The minimum Gasteiger partial charge on any atom is -0.354 e. The van der Waals surface area contributed by atoms with Crippen molar-refractivity contribution in [2.45, 2.75) is 13.3 Å². The molecule has 2 N–H and O–H groups in total. The molecule has 0 atom stereocenters. The summed E-state index contributed by atoms with van der Waals surface area (Å²) >= 11 is 0. The topological polar surface area (TPSA) is 66.9 Å². The number of nitrogens with one attached hydrogen (secondary N) is 2. The molecule has 0 aliphatic heterocycles. The second-order valence-electron chi connectivity index (χ2n) is 4.31. The summed E-state index contributed by atoms with van der Waals surface area (Å²) in [7, 11) is 0. The van der Waals surface area contributed by atoms with Crippen LogP contribution in [-0.4, -0.2) is 22.4 Å². The van der Waals surface area contributed by atoms with Crippen LogP contribution in [0.15, 0.2) is 30.6 Å². The fourth-order valence-corrected chi connectivity index (χ4v) is 1.55. The zero-order valence-corrected chi connectivity index (χ0v) is 11.4. The average Bonchev–Trinajstić information content (AvgIpc) is 2.49. The Hall–Kier alpha value is -2.57. The van der Waals surface area contributed by atoms with E-state index in [-0.39, 0.29) is 11.3 Å². The second kappa shape index (κ2) is 6.74. The predicted octanol–water partition coefficient (Wildman–Crippen LogP) is 2.83. The molecule has 5 nitrogen and oxygen atoms in total. The van der Waals surface area contributed by atoms with E-state index in [4.69, 9.17) is 0 Å². The van der Waals surface area contributed by atoms with E-state index in [0.717, 1.165) is 25.1 Å². The molecular formula is C14H14F2N4O. The molecule has 0 radical (unpaired) electrons. The number of carbonyl (C=O) groups is 1. The molecule has 1 heterocycles. The summed E-state index contributed by atoms with van der Waals surface area (Å²) in [6.07, 6.45) is 3.65. The Morgan fingerprint density at radius 1 is 1.19 bits per heavy atom. The Morgan fingerprint density at radius 3 is 2.52 bits per heavy atom. The molecule has 1 amide bonds. The predicted molar refractivity (Wildman–Crippen MR) is 75.1 cm³/mol. The number of nitrogens with zero attached hydrogens (tertiary/aromatic N) is 2. The summed E-state index contributed by atoms with van der Waals surface area (Å²) < 4.78 is 25.8. The summed E-state index contributed by atoms with van der Waals surface area (Å²) in [6.45, 7) is 2.75. The Kier molecular flexibility index (Phi) is 4.76. The van der Waals surface area contributed by atoms with E-state index in [9.17, 15) is 13.6 Å². The van der Waals surface area contributed by atoms with Gasteiger partial charge in [-0.25, -0.2) is 18.7 Å². The minimum atomic E-state index is -1.02. The minimum absolute atomic E-state index is 0.159. The lowest BCUT2D eigenvalue weighted by atomic mass is 10.2. The number of aromatic nitrogens is 2. The number of hydrogen-bond acceptors (Lipinski definition) is 4. The maximum absolute atomic E-state index is 13.0. The third-order valence-corrected chi connectivity index (χ3v) is 2.62. The zero-order valence-electron chi connectivity index (χ0n) is 11.4. The third kappa shape index (κ3) is 3.95. The summed E-state index contributed by atoms with van der Waals surface area (Å²) in [5, 5.41) is 5.42. The van der Waals surface area contributed by atoms with Crippen molar-refractivity contribution in [2.75, 3.05) is 17.2 Å². The molecule has 7 heteroatoms. The molecule has 0 aliphatic carbocycles. The molecule has 0 fully saturated rings. The van der Waals surface area contributed by atoms with E-state index in [2.05, 4.69) is 20.6 Å². The number of rotatable bonds is 5. The Bertz CT molecular complexity index is 631. The van der Waals surface area contributed by atoms with Gasteiger partial charge >= 0.3 is 0 Å². The zero-order chi connectivity index (χ0) is 15.2. The van der Waals surface area contributed by atoms with E-state index < -0.39 is 17.5 Å². The van der Waals surface area contributed by atoms with E-state index >= 15 is 0 Å². The number of amides is 1. The molecule has 0 saturated carbocycles. The first-order valence-electron chi connectivity index (χ1n) is 6.42. The SMILES string of the molecule is CCCNc1ncc(C(=O)Nc2ccc(F)c(F)c2)cn1. The van der Waals surface area contributed by atoms with Crippen LogP contribution in [0.1, 0.15) is 23.7 Å². The monoisotopic (exact) mass is 292 g/mol. The number of benzene rings is 1. The third-order valence-electron chi connectivity index (χ3n) is 2.62. The normalized spacial score (nSPS) is 10.2. The maximum atomic E-state index is 13.0. The highest BCUT2D eigenvalue weighted by atomic mass is 19.2. The Morgan fingerprint density at radius 2 is 1.90 bits per heavy atom. The summed E-state index contributed by atoms with van der Waals surface area (Å²) in [6, 6.07) is 3.12. The van der Waals surface area contributed by atoms with Crippen molar-refractivity contribution in [3.63, 3.8) is 0 Å². The fourth-order valence-electron chi connectivity index (χ4n) is 1.55. The summed E-state index contributed by atoms with van der Waals surface area (Å²) in [4.78, 5) is 19.9. The summed E-state index contributed by atoms with van der Waals surface area (Å²) in [5.41, 5.74) is 0.383. The van der Waals surface area contributed by atoms with Crippen LogP contribution < -0.4 is 10.6 Å². The molecule has 21 heavy (non-hydrogen) atoms. The highest BCUT2D eigenvalue weighted by molar-refractivity contribution is 6.03. The molecule has 2 aromatic rings. The lowest BCUT2D eigenvalue weighted by Gasteiger charge is -2.06. The van der Waals surface area contributed by atoms with Gasteiger partial charge in [-0.05, 0) is 18.6 Å². The number of halogens is 2. The maximum Gasteiger partial charge on any atom is 0.258 e. The van der Waals surface area contributed by atoms with Crippen molar-refractivity contribution in [3.05, 3.63) is 47.8 Å². The molecule has 0 unspecified atom stereocenters. The quantitative estimate of drug-likeness (QED) is 0.889. The van der Waals surface area contributed by atoms with Crippen molar-refractivity contribution in [1.82, 2.24) is 9.97 Å². The van der Waals surface area contributed by atoms with Gasteiger partial charge in [0.05, 0.1) is 5.56 Å². The highest BCUT2D eigenvalue weighted by Gasteiger charge is 2.09. The lowest BCUT2D eigenvalue weighted by Crippen LogP contribution is -2.14. The number of anilines is 2. The van der Waals surface area contributed by atoms with Crippen LogP contribution in [0.25, 0.3) is 0 Å². The Labute approximate surface area is 120 Å². The highest BCUT2D eigenvalue weighted by Crippen LogP contribution is 2.14. The van der Waals surface area contributed by atoms with Gasteiger partial charge in [0.1, 0.15) is 0 Å². The van der Waals surface area contributed by atoms with Crippen LogP contribution in [0.4, 0.5) is 20.4 Å². The van der Waals surface area contributed by atoms with Gasteiger partial charge in [-0.15, -0.1) is 0 Å². The van der Waals surface area contributed by atoms with Crippen molar-refractivity contribution in [2.24, 2.45) is 0 Å². The van der Waals surface area contributed by atoms with Gasteiger partial charge in [0, 0.05) is 30.7 Å². The van der Waals surface area contributed by atoms with Crippen molar-refractivity contribution in [3.8, 4) is 0 Å². The molecule has 0 spiro atoms. The molecule has 0 aliphatic rings. The largest absolute Gasteiger partial charge is 0.354 e. The van der Waals surface area contributed by atoms with E-state index in [1.807, 2.05) is 6.92 Å². The Balaban J connectivity index is 2.04. The fraction of sp³-hybridized carbons (Fsp3) is 0.214. The van der Waals surface area contributed by atoms with Gasteiger partial charge in [0.2, 0.25) is 5.95 Å². The van der Waals surface area contributed by atoms with Crippen LogP contribution in [0.2, 0.25) is 0 Å².